The molecule has 180 valence electrons. The minimum absolute atomic E-state index is 0. The van der Waals surface area contributed by atoms with E-state index in [-0.39, 0.29) is 86.0 Å². The largest absolute Gasteiger partial charge is 1.00 e. The summed E-state index contributed by atoms with van der Waals surface area (Å²) in [6, 6.07) is 0. The Kier molecular flexibility index (Phi) is 19.2. The number of carbonyl (C=O) groups excluding carboxylic acids is 1. The fourth-order valence-electron chi connectivity index (χ4n) is 4.68. The standard InChI is InChI=1S/C21H32Cl6O3.2Na.2H/c22-20(23,24)13-11-17(15-7-3-1-4-8-15)29-19(28)30-18(12-14-21(25,26)27)16-9-5-2-6-10-16;;;;/h15-18H,1-14H2;;;;/q;2*+1;2*-1. The van der Waals surface area contributed by atoms with Crippen molar-refractivity contribution in [1.82, 2.24) is 0 Å². The van der Waals surface area contributed by atoms with Gasteiger partial charge in [-0.1, -0.05) is 108 Å². The van der Waals surface area contributed by atoms with Crippen LogP contribution in [0.15, 0.2) is 0 Å². The molecule has 2 saturated carbocycles. The van der Waals surface area contributed by atoms with Crippen LogP contribution in [0.1, 0.15) is 92.7 Å². The summed E-state index contributed by atoms with van der Waals surface area (Å²) < 4.78 is 8.87. The Balaban J connectivity index is -0.00000240. The van der Waals surface area contributed by atoms with Crippen LogP contribution in [0.4, 0.5) is 4.79 Å². The first-order valence-electron chi connectivity index (χ1n) is 11.0. The van der Waals surface area contributed by atoms with Crippen molar-refractivity contribution >= 4 is 75.8 Å². The first-order valence-corrected chi connectivity index (χ1v) is 13.3. The number of alkyl halides is 6. The predicted octanol–water partition coefficient (Wildman–Crippen LogP) is 3.57. The van der Waals surface area contributed by atoms with Crippen molar-refractivity contribution in [2.24, 2.45) is 11.8 Å². The number of rotatable bonds is 8. The van der Waals surface area contributed by atoms with Gasteiger partial charge in [0.15, 0.2) is 7.59 Å². The maximum absolute atomic E-state index is 12.8. The van der Waals surface area contributed by atoms with E-state index in [1.807, 2.05) is 0 Å². The Morgan fingerprint density at radius 3 is 1.28 bits per heavy atom. The molecule has 0 aromatic rings. The number of hydrogen-bond acceptors (Lipinski definition) is 3. The van der Waals surface area contributed by atoms with Gasteiger partial charge in [-0.15, -0.1) is 0 Å². The Morgan fingerprint density at radius 1 is 0.688 bits per heavy atom. The van der Waals surface area contributed by atoms with Crippen LogP contribution in [0, 0.1) is 11.8 Å². The van der Waals surface area contributed by atoms with E-state index in [4.69, 9.17) is 79.1 Å². The predicted molar refractivity (Wildman–Crippen MR) is 130 cm³/mol. The van der Waals surface area contributed by atoms with E-state index in [0.717, 1.165) is 51.4 Å². The summed E-state index contributed by atoms with van der Waals surface area (Å²) in [7, 11) is 0. The summed E-state index contributed by atoms with van der Waals surface area (Å²) in [6.07, 6.45) is 11.3. The summed E-state index contributed by atoms with van der Waals surface area (Å²) in [5.74, 6) is 0.543. The molecular weight excluding hydrogens is 559 g/mol. The number of halogens is 6. The Labute approximate surface area is 270 Å². The summed E-state index contributed by atoms with van der Waals surface area (Å²) in [4.78, 5) is 12.8. The molecule has 3 nitrogen and oxygen atoms in total. The number of carbonyl (C=O) groups is 1. The van der Waals surface area contributed by atoms with Crippen LogP contribution < -0.4 is 59.1 Å². The monoisotopic (exact) mass is 590 g/mol. The Hall–Kier alpha value is 3.01. The Morgan fingerprint density at radius 2 is 1.00 bits per heavy atom. The summed E-state index contributed by atoms with van der Waals surface area (Å²) in [5.41, 5.74) is 0. The van der Waals surface area contributed by atoms with E-state index in [9.17, 15) is 4.79 Å². The molecule has 0 amide bonds. The van der Waals surface area contributed by atoms with Crippen LogP contribution in [0.25, 0.3) is 0 Å². The van der Waals surface area contributed by atoms with Crippen molar-refractivity contribution in [3.8, 4) is 0 Å². The molecule has 0 aromatic carbocycles. The third kappa shape index (κ3) is 15.3. The van der Waals surface area contributed by atoms with E-state index in [2.05, 4.69) is 0 Å². The molecule has 2 fully saturated rings. The number of hydrogen-bond donors (Lipinski definition) is 0. The van der Waals surface area contributed by atoms with Gasteiger partial charge in [0, 0.05) is 0 Å². The van der Waals surface area contributed by atoms with E-state index in [1.54, 1.807) is 0 Å². The average Bonchev–Trinajstić information content (AvgIpc) is 2.68. The van der Waals surface area contributed by atoms with Crippen LogP contribution >= 0.6 is 69.6 Å². The van der Waals surface area contributed by atoms with Gasteiger partial charge in [0.05, 0.1) is 0 Å². The maximum atomic E-state index is 12.8. The van der Waals surface area contributed by atoms with E-state index >= 15 is 0 Å². The average molecular weight is 593 g/mol. The van der Waals surface area contributed by atoms with Crippen LogP contribution in [-0.2, 0) is 9.47 Å². The molecule has 0 saturated heterocycles. The first-order chi connectivity index (χ1) is 14.0. The van der Waals surface area contributed by atoms with Crippen molar-refractivity contribution in [3.63, 3.8) is 0 Å². The van der Waals surface area contributed by atoms with Gasteiger partial charge in [-0.05, 0) is 63.2 Å². The molecule has 2 atom stereocenters. The molecular formula is C21H34Cl6Na2O3. The van der Waals surface area contributed by atoms with Gasteiger partial charge >= 0.3 is 65.3 Å². The van der Waals surface area contributed by atoms with Gasteiger partial charge in [0.25, 0.3) is 0 Å². The SMILES string of the molecule is O=C(OC(CCC(Cl)(Cl)Cl)C1CCCCC1)OC(CCC(Cl)(Cl)Cl)C1CCCCC1.[H-].[H-].[Na+].[Na+]. The maximum Gasteiger partial charge on any atom is 1.00 e. The second kappa shape index (κ2) is 17.5. The molecule has 32 heavy (non-hydrogen) atoms. The molecule has 2 rings (SSSR count). The molecule has 0 heterocycles. The zero-order valence-corrected chi connectivity index (χ0v) is 27.7. The third-order valence-corrected chi connectivity index (χ3v) is 7.40. The van der Waals surface area contributed by atoms with Gasteiger partial charge in [-0.25, -0.2) is 4.79 Å². The zero-order valence-electron chi connectivity index (χ0n) is 21.2. The van der Waals surface area contributed by atoms with E-state index in [0.29, 0.717) is 25.7 Å². The molecule has 11 heteroatoms. The topological polar surface area (TPSA) is 35.5 Å². The van der Waals surface area contributed by atoms with Crippen LogP contribution in [0.2, 0.25) is 0 Å². The fraction of sp³-hybridized carbons (Fsp3) is 0.952. The molecule has 0 spiro atoms. The van der Waals surface area contributed by atoms with Crippen LogP contribution in [0.3, 0.4) is 0 Å². The van der Waals surface area contributed by atoms with Crippen molar-refractivity contribution in [1.29, 1.82) is 0 Å². The van der Waals surface area contributed by atoms with Gasteiger partial charge < -0.3 is 12.3 Å². The van der Waals surface area contributed by atoms with Crippen molar-refractivity contribution in [2.75, 3.05) is 0 Å². The molecule has 0 radical (unpaired) electrons. The summed E-state index contributed by atoms with van der Waals surface area (Å²) in [6.45, 7) is 0. The first kappa shape index (κ1) is 35.0. The third-order valence-electron chi connectivity index (χ3n) is 6.27. The van der Waals surface area contributed by atoms with E-state index < -0.39 is 13.7 Å². The fourth-order valence-corrected chi connectivity index (χ4v) is 5.34. The second-order valence-corrected chi connectivity index (χ2v) is 13.7. The molecule has 2 unspecified atom stereocenters. The van der Waals surface area contributed by atoms with Crippen molar-refractivity contribution < 1.29 is 76.2 Å². The minimum atomic E-state index is -1.37. The second-order valence-electron chi connectivity index (χ2n) is 8.67. The summed E-state index contributed by atoms with van der Waals surface area (Å²) in [5, 5.41) is 0. The van der Waals surface area contributed by atoms with Crippen molar-refractivity contribution in [2.45, 2.75) is 110 Å². The van der Waals surface area contributed by atoms with Gasteiger partial charge in [-0.3, -0.25) is 0 Å². The van der Waals surface area contributed by atoms with Crippen LogP contribution in [0.5, 0.6) is 0 Å². The van der Waals surface area contributed by atoms with Gasteiger partial charge in [0.1, 0.15) is 12.2 Å². The summed E-state index contributed by atoms with van der Waals surface area (Å²) >= 11 is 35.7. The smallest absolute Gasteiger partial charge is 1.00 e. The van der Waals surface area contributed by atoms with Crippen LogP contribution in [-0.4, -0.2) is 25.9 Å². The quantitative estimate of drug-likeness (QED) is 0.246. The Bertz CT molecular complexity index is 486. The number of ether oxygens (including phenoxy) is 2. The minimum Gasteiger partial charge on any atom is -1.00 e. The normalized spacial score (nSPS) is 20.4. The molecule has 0 bridgehead atoms. The molecule has 0 N–H and O–H groups in total. The zero-order chi connectivity index (χ0) is 22.2. The van der Waals surface area contributed by atoms with Gasteiger partial charge in [-0.2, -0.15) is 0 Å². The van der Waals surface area contributed by atoms with E-state index in [1.165, 1.54) is 12.8 Å². The molecule has 0 aliphatic heterocycles. The van der Waals surface area contributed by atoms with Gasteiger partial charge in [0.2, 0.25) is 0 Å². The molecule has 2 aliphatic rings. The molecule has 2 aliphatic carbocycles. The molecule has 0 aromatic heterocycles. The van der Waals surface area contributed by atoms with Crippen molar-refractivity contribution in [3.05, 3.63) is 0 Å².